The number of hydrogen-bond donors (Lipinski definition) is 0. The summed E-state index contributed by atoms with van der Waals surface area (Å²) in [6, 6.07) is 12.3. The Hall–Kier alpha value is -2.59. The normalized spacial score (nSPS) is 19.8. The topological polar surface area (TPSA) is 50.5 Å². The van der Waals surface area contributed by atoms with E-state index in [2.05, 4.69) is 0 Å². The van der Waals surface area contributed by atoms with Gasteiger partial charge in [-0.1, -0.05) is 23.7 Å². The summed E-state index contributed by atoms with van der Waals surface area (Å²) >= 11 is 6.14. The van der Waals surface area contributed by atoms with E-state index in [1.165, 1.54) is 6.26 Å². The maximum atomic E-state index is 13.0. The number of fused-ring (bicyclic) bond motifs is 2. The summed E-state index contributed by atoms with van der Waals surface area (Å²) in [5, 5.41) is 0.982. The summed E-state index contributed by atoms with van der Waals surface area (Å²) < 4.78 is 5.63. The van der Waals surface area contributed by atoms with E-state index in [1.54, 1.807) is 61.3 Å². The van der Waals surface area contributed by atoms with Gasteiger partial charge in [-0.15, -0.1) is 0 Å². The summed E-state index contributed by atoms with van der Waals surface area (Å²) in [5.41, 5.74) is 0.956. The van der Waals surface area contributed by atoms with Gasteiger partial charge in [0.1, 0.15) is 11.0 Å². The quantitative estimate of drug-likeness (QED) is 0.678. The molecule has 0 saturated heterocycles. The average Bonchev–Trinajstić information content (AvgIpc) is 2.77. The van der Waals surface area contributed by atoms with Gasteiger partial charge in [0.2, 0.25) is 5.91 Å². The first kappa shape index (κ1) is 15.0. The van der Waals surface area contributed by atoms with Crippen LogP contribution in [0.2, 0.25) is 5.02 Å². The monoisotopic (exact) mass is 339 g/mol. The van der Waals surface area contributed by atoms with Crippen molar-refractivity contribution in [1.29, 1.82) is 0 Å². The van der Waals surface area contributed by atoms with Crippen LogP contribution in [0, 0.1) is 0 Å². The lowest BCUT2D eigenvalue weighted by Gasteiger charge is -2.22. The van der Waals surface area contributed by atoms with E-state index in [0.717, 1.165) is 5.69 Å². The summed E-state index contributed by atoms with van der Waals surface area (Å²) in [5.74, 6) is -0.178. The zero-order valence-electron chi connectivity index (χ0n) is 13.2. The Morgan fingerprint density at radius 1 is 1.08 bits per heavy atom. The lowest BCUT2D eigenvalue weighted by Crippen LogP contribution is -2.40. The smallest absolute Gasteiger partial charge is 0.241 e. The largest absolute Gasteiger partial charge is 0.464 e. The molecule has 0 spiro atoms. The fourth-order valence-electron chi connectivity index (χ4n) is 3.44. The predicted molar refractivity (Wildman–Crippen MR) is 93.8 cm³/mol. The van der Waals surface area contributed by atoms with Crippen LogP contribution in [0.3, 0.4) is 0 Å². The summed E-state index contributed by atoms with van der Waals surface area (Å²) in [6.07, 6.45) is 1.40. The molecule has 4 nitrogen and oxygen atoms in total. The first-order chi connectivity index (χ1) is 11.4. The second-order valence-electron chi connectivity index (χ2n) is 6.13. The number of amides is 1. The van der Waals surface area contributed by atoms with Gasteiger partial charge in [0, 0.05) is 17.8 Å². The van der Waals surface area contributed by atoms with Crippen LogP contribution in [-0.4, -0.2) is 13.0 Å². The molecule has 5 heteroatoms. The number of carbonyl (C=O) groups excluding carboxylic acids is 1. The highest BCUT2D eigenvalue weighted by Crippen LogP contribution is 2.45. The first-order valence-corrected chi connectivity index (χ1v) is 7.91. The fraction of sp³-hybridized carbons (Fsp3) is 0.158. The molecule has 0 bridgehead atoms. The molecule has 3 aromatic rings. The number of para-hydroxylation sites is 1. The molecule has 0 N–H and O–H groups in total. The second-order valence-corrected chi connectivity index (χ2v) is 6.56. The van der Waals surface area contributed by atoms with Crippen LogP contribution < -0.4 is 10.3 Å². The van der Waals surface area contributed by atoms with E-state index in [9.17, 15) is 9.59 Å². The van der Waals surface area contributed by atoms with Crippen molar-refractivity contribution in [3.8, 4) is 0 Å². The fourth-order valence-corrected chi connectivity index (χ4v) is 3.62. The van der Waals surface area contributed by atoms with Crippen molar-refractivity contribution in [3.63, 3.8) is 0 Å². The molecule has 1 aliphatic rings. The SMILES string of the molecule is CN1C(=O)[C@](C)(c2coc3ccccc3c2=O)c2cc(Cl)ccc21. The Morgan fingerprint density at radius 2 is 1.83 bits per heavy atom. The number of halogens is 1. The van der Waals surface area contributed by atoms with E-state index in [-0.39, 0.29) is 11.3 Å². The lowest BCUT2D eigenvalue weighted by molar-refractivity contribution is -0.121. The maximum absolute atomic E-state index is 13.0. The van der Waals surface area contributed by atoms with Crippen molar-refractivity contribution in [2.75, 3.05) is 11.9 Å². The van der Waals surface area contributed by atoms with Crippen molar-refractivity contribution >= 4 is 34.2 Å². The third-order valence-corrected chi connectivity index (χ3v) is 5.04. The van der Waals surface area contributed by atoms with Gasteiger partial charge in [-0.05, 0) is 42.8 Å². The van der Waals surface area contributed by atoms with Gasteiger partial charge in [0.05, 0.1) is 17.2 Å². The van der Waals surface area contributed by atoms with E-state index in [4.69, 9.17) is 16.0 Å². The number of benzene rings is 2. The van der Waals surface area contributed by atoms with Crippen LogP contribution in [0.1, 0.15) is 18.1 Å². The third kappa shape index (κ3) is 1.80. The zero-order chi connectivity index (χ0) is 17.1. The summed E-state index contributed by atoms with van der Waals surface area (Å²) in [4.78, 5) is 27.5. The van der Waals surface area contributed by atoms with Crippen molar-refractivity contribution in [1.82, 2.24) is 0 Å². The zero-order valence-corrected chi connectivity index (χ0v) is 13.9. The van der Waals surface area contributed by atoms with Crippen LogP contribution in [0.5, 0.6) is 0 Å². The Bertz CT molecular complexity index is 1060. The first-order valence-electron chi connectivity index (χ1n) is 7.54. The third-order valence-electron chi connectivity index (χ3n) is 4.81. The molecule has 0 aliphatic carbocycles. The molecule has 1 aliphatic heterocycles. The molecule has 0 radical (unpaired) electrons. The number of hydrogen-bond acceptors (Lipinski definition) is 3. The second kappa shape index (κ2) is 4.95. The molecular formula is C19H14ClNO3. The highest BCUT2D eigenvalue weighted by molar-refractivity contribution is 6.31. The van der Waals surface area contributed by atoms with Crippen molar-refractivity contribution < 1.29 is 9.21 Å². The van der Waals surface area contributed by atoms with Gasteiger partial charge < -0.3 is 9.32 Å². The molecule has 0 unspecified atom stereocenters. The molecule has 24 heavy (non-hydrogen) atoms. The molecule has 0 saturated carbocycles. The van der Waals surface area contributed by atoms with Crippen molar-refractivity contribution in [2.24, 2.45) is 0 Å². The van der Waals surface area contributed by atoms with Gasteiger partial charge in [-0.2, -0.15) is 0 Å². The molecule has 2 heterocycles. The van der Waals surface area contributed by atoms with Gasteiger partial charge in [0.15, 0.2) is 5.43 Å². The minimum Gasteiger partial charge on any atom is -0.464 e. The molecule has 1 atom stereocenters. The standard InChI is InChI=1S/C19H14ClNO3/c1-19(13-9-11(20)7-8-15(13)21(2)18(19)23)14-10-24-16-6-4-3-5-12(16)17(14)22/h3-10H,1-2H3/t19-/m0/s1. The van der Waals surface area contributed by atoms with E-state index in [1.807, 2.05) is 0 Å². The number of likely N-dealkylation sites (N-methyl/N-ethyl adjacent to an activating group) is 1. The molecule has 2 aromatic carbocycles. The molecule has 0 fully saturated rings. The number of carbonyl (C=O) groups is 1. The van der Waals surface area contributed by atoms with Gasteiger partial charge >= 0.3 is 0 Å². The van der Waals surface area contributed by atoms with Crippen LogP contribution in [0.25, 0.3) is 11.0 Å². The number of nitrogens with zero attached hydrogens (tertiary/aromatic N) is 1. The lowest BCUT2D eigenvalue weighted by atomic mass is 9.77. The Morgan fingerprint density at radius 3 is 2.62 bits per heavy atom. The number of rotatable bonds is 1. The van der Waals surface area contributed by atoms with Gasteiger partial charge in [-0.3, -0.25) is 9.59 Å². The minimum absolute atomic E-state index is 0.178. The highest BCUT2D eigenvalue weighted by Gasteiger charge is 2.49. The van der Waals surface area contributed by atoms with Crippen molar-refractivity contribution in [2.45, 2.75) is 12.3 Å². The maximum Gasteiger partial charge on any atom is 0.241 e. The summed E-state index contributed by atoms with van der Waals surface area (Å²) in [6.45, 7) is 1.75. The molecule has 1 amide bonds. The molecule has 4 rings (SSSR count). The van der Waals surface area contributed by atoms with E-state index >= 15 is 0 Å². The van der Waals surface area contributed by atoms with Crippen LogP contribution in [-0.2, 0) is 10.2 Å². The molecule has 120 valence electrons. The molecule has 1 aromatic heterocycles. The van der Waals surface area contributed by atoms with Crippen LogP contribution in [0.15, 0.2) is 57.9 Å². The highest BCUT2D eigenvalue weighted by atomic mass is 35.5. The van der Waals surface area contributed by atoms with Crippen molar-refractivity contribution in [3.05, 3.63) is 75.1 Å². The Balaban J connectivity index is 2.07. The van der Waals surface area contributed by atoms with Crippen LogP contribution in [0.4, 0.5) is 5.69 Å². The minimum atomic E-state index is -1.13. The van der Waals surface area contributed by atoms with E-state index < -0.39 is 5.41 Å². The summed E-state index contributed by atoms with van der Waals surface area (Å²) in [7, 11) is 1.70. The Kier molecular flexibility index (Phi) is 3.09. The average molecular weight is 340 g/mol. The number of anilines is 1. The van der Waals surface area contributed by atoms with Gasteiger partial charge in [-0.25, -0.2) is 0 Å². The molecular weight excluding hydrogens is 326 g/mol. The predicted octanol–water partition coefficient (Wildman–Crippen LogP) is 3.73. The van der Waals surface area contributed by atoms with E-state index in [0.29, 0.717) is 27.1 Å². The van der Waals surface area contributed by atoms with Gasteiger partial charge in [0.25, 0.3) is 0 Å². The Labute approximate surface area is 143 Å². The van der Waals surface area contributed by atoms with Crippen LogP contribution >= 0.6 is 11.6 Å².